The summed E-state index contributed by atoms with van der Waals surface area (Å²) in [6, 6.07) is 0. The van der Waals surface area contributed by atoms with Gasteiger partial charge >= 0.3 is 70.8 Å². The number of aliphatic carboxylic acids is 1. The molecule has 0 fully saturated rings. The van der Waals surface area contributed by atoms with Crippen LogP contribution < -0.4 is 0 Å². The van der Waals surface area contributed by atoms with Crippen LogP contribution >= 0.6 is 59.9 Å². The van der Waals surface area contributed by atoms with Crippen LogP contribution in [0.25, 0.3) is 0 Å². The second kappa shape index (κ2) is 9.33. The van der Waals surface area contributed by atoms with Crippen LogP contribution in [-0.4, -0.2) is 11.1 Å². The summed E-state index contributed by atoms with van der Waals surface area (Å²) in [5, 5.41) is 7.99. The number of halogens is 3. The van der Waals surface area contributed by atoms with Crippen molar-refractivity contribution in [1.82, 2.24) is 0 Å². The summed E-state index contributed by atoms with van der Waals surface area (Å²) in [5.41, 5.74) is 0. The normalized spacial score (nSPS) is 9.10. The molecule has 62 valence electrons. The van der Waals surface area contributed by atoms with Crippen molar-refractivity contribution in [1.29, 1.82) is 0 Å². The zero-order chi connectivity index (χ0) is 8.73. The van der Waals surface area contributed by atoms with Crippen molar-refractivity contribution in [2.75, 3.05) is 0 Å². The van der Waals surface area contributed by atoms with Crippen LogP contribution in [-0.2, 0) is 9.72 Å². The molecular weight excluding hydrogens is 512 g/mol. The molecule has 0 saturated carbocycles. The third-order valence-corrected chi connectivity index (χ3v) is 0.494. The minimum absolute atomic E-state index is 0.231. The van der Waals surface area contributed by atoms with Gasteiger partial charge in [-0.1, -0.05) is 13.8 Å². The molecule has 0 saturated heterocycles. The fraction of sp³-hybridized carbons (Fsp3) is 0.750. The summed E-state index contributed by atoms with van der Waals surface area (Å²) >= 11 is 7.39. The topological polar surface area (TPSA) is 37.3 Å². The summed E-state index contributed by atoms with van der Waals surface area (Å²) < 4.78 is 0. The number of rotatable bonds is 1. The van der Waals surface area contributed by atoms with Crippen LogP contribution in [0.4, 0.5) is 0 Å². The van der Waals surface area contributed by atoms with Gasteiger partial charge in [0.25, 0.3) is 0 Å². The first-order valence-corrected chi connectivity index (χ1v) is 15.9. The summed E-state index contributed by atoms with van der Waals surface area (Å²) in [7, 11) is 0. The Hall–Kier alpha value is 2.24. The van der Waals surface area contributed by atoms with Gasteiger partial charge in [0.1, 0.15) is 0 Å². The van der Waals surface area contributed by atoms with Crippen molar-refractivity contribution in [3.63, 3.8) is 0 Å². The van der Waals surface area contributed by atoms with E-state index in [1.165, 1.54) is 0 Å². The molecule has 0 spiro atoms. The van der Waals surface area contributed by atoms with Gasteiger partial charge < -0.3 is 5.11 Å². The van der Waals surface area contributed by atoms with Crippen molar-refractivity contribution in [2.45, 2.75) is 13.8 Å². The molecular formula is C4H8I3O2V. The fourth-order valence-electron chi connectivity index (χ4n) is 0. The molecule has 0 aromatic rings. The molecule has 0 rings (SSSR count). The summed E-state index contributed by atoms with van der Waals surface area (Å²) in [5.74, 6) is -0.972. The van der Waals surface area contributed by atoms with Gasteiger partial charge in [-0.15, -0.1) is 0 Å². The molecule has 0 aliphatic heterocycles. The first kappa shape index (κ1) is 14.8. The Morgan fingerprint density at radius 2 is 1.50 bits per heavy atom. The summed E-state index contributed by atoms with van der Waals surface area (Å²) in [6.45, 7) is 3.28. The van der Waals surface area contributed by atoms with Crippen molar-refractivity contribution in [2.24, 2.45) is 5.92 Å². The van der Waals surface area contributed by atoms with E-state index in [4.69, 9.17) is 5.11 Å². The van der Waals surface area contributed by atoms with Gasteiger partial charge in [-0.2, -0.15) is 0 Å². The van der Waals surface area contributed by atoms with Crippen molar-refractivity contribution >= 4 is 65.9 Å². The van der Waals surface area contributed by atoms with Crippen molar-refractivity contribution in [3.05, 3.63) is 0 Å². The fourth-order valence-corrected chi connectivity index (χ4v) is 0. The van der Waals surface area contributed by atoms with Gasteiger partial charge in [0.15, 0.2) is 0 Å². The van der Waals surface area contributed by atoms with Crippen LogP contribution in [0.1, 0.15) is 13.8 Å². The number of carboxylic acids is 1. The van der Waals surface area contributed by atoms with Crippen LogP contribution in [0.15, 0.2) is 0 Å². The van der Waals surface area contributed by atoms with Gasteiger partial charge in [-0.3, -0.25) is 4.79 Å². The first-order valence-electron chi connectivity index (χ1n) is 2.38. The molecule has 0 amide bonds. The third-order valence-electron chi connectivity index (χ3n) is 0.494. The van der Waals surface area contributed by atoms with E-state index >= 15 is 0 Å². The zero-order valence-electron chi connectivity index (χ0n) is 5.51. The number of hydrogen-bond donors (Lipinski definition) is 1. The molecule has 0 radical (unpaired) electrons. The van der Waals surface area contributed by atoms with E-state index in [9.17, 15) is 4.79 Å². The van der Waals surface area contributed by atoms with Gasteiger partial charge in [0.2, 0.25) is 0 Å². The molecule has 0 unspecified atom stereocenters. The molecule has 0 aromatic heterocycles. The van der Waals surface area contributed by atoms with E-state index in [1.807, 2.05) is 0 Å². The Morgan fingerprint density at radius 3 is 1.50 bits per heavy atom. The molecule has 0 bridgehead atoms. The Morgan fingerprint density at radius 1 is 1.40 bits per heavy atom. The van der Waals surface area contributed by atoms with E-state index in [0.717, 1.165) is 0 Å². The predicted octanol–water partition coefficient (Wildman–Crippen LogP) is 3.38. The molecule has 6 heteroatoms. The third kappa shape index (κ3) is 22.5. The van der Waals surface area contributed by atoms with E-state index in [-0.39, 0.29) is 10.8 Å². The number of carboxylic acid groups (broad SMARTS) is 1. The van der Waals surface area contributed by atoms with Gasteiger partial charge in [0, 0.05) is 0 Å². The van der Waals surface area contributed by atoms with Crippen molar-refractivity contribution < 1.29 is 14.8 Å². The molecule has 10 heavy (non-hydrogen) atoms. The van der Waals surface area contributed by atoms with E-state index < -0.39 is 5.97 Å². The molecule has 0 aliphatic carbocycles. The quantitative estimate of drug-likeness (QED) is 0.540. The standard InChI is InChI=1S/C4H8O2.3HI.V/c1-3(2)4(5)6;;;;/h3H,1-2H3,(H,5,6);3*1H;/q;;;;+3/p-3. The van der Waals surface area contributed by atoms with Crippen LogP contribution in [0.5, 0.6) is 0 Å². The molecule has 1 N–H and O–H groups in total. The Kier molecular flexibility index (Phi) is 13.8. The SMILES string of the molecule is CC(C)C(=O)O.[I][V]([I])[I]. The molecule has 0 aromatic carbocycles. The average molecular weight is 520 g/mol. The maximum atomic E-state index is 9.70. The van der Waals surface area contributed by atoms with E-state index in [0.29, 0.717) is 0 Å². The summed E-state index contributed by atoms with van der Waals surface area (Å²) in [4.78, 5) is 9.42. The Balaban J connectivity index is 0. The second-order valence-corrected chi connectivity index (χ2v) is 37.1. The van der Waals surface area contributed by atoms with Crippen LogP contribution in [0.3, 0.4) is 0 Å². The van der Waals surface area contributed by atoms with E-state index in [2.05, 4.69) is 59.9 Å². The predicted molar refractivity (Wildman–Crippen MR) is 64.5 cm³/mol. The van der Waals surface area contributed by atoms with Crippen molar-refractivity contribution in [3.8, 4) is 0 Å². The maximum absolute atomic E-state index is 9.70. The summed E-state index contributed by atoms with van der Waals surface area (Å²) in [6.07, 6.45) is 0. The number of hydrogen-bond acceptors (Lipinski definition) is 1. The van der Waals surface area contributed by atoms with Crippen LogP contribution in [0, 0.1) is 5.92 Å². The van der Waals surface area contributed by atoms with Gasteiger partial charge in [0.05, 0.1) is 5.92 Å². The molecule has 2 nitrogen and oxygen atoms in total. The van der Waals surface area contributed by atoms with Gasteiger partial charge in [-0.25, -0.2) is 0 Å². The molecule has 0 aliphatic rings. The second-order valence-electron chi connectivity index (χ2n) is 1.68. The van der Waals surface area contributed by atoms with Gasteiger partial charge in [-0.05, 0) is 0 Å². The molecule has 0 atom stereocenters. The molecule has 0 heterocycles. The minimum atomic E-state index is -0.741. The van der Waals surface area contributed by atoms with E-state index in [1.54, 1.807) is 13.8 Å². The first-order chi connectivity index (χ1) is 4.37. The Bertz CT molecular complexity index is 93.7. The zero-order valence-corrected chi connectivity index (χ0v) is 13.4. The average Bonchev–Trinajstić information content (AvgIpc) is 1.63. The van der Waals surface area contributed by atoms with Crippen LogP contribution in [0.2, 0.25) is 0 Å². The monoisotopic (exact) mass is 520 g/mol. The number of carbonyl (C=O) groups is 1. The Labute approximate surface area is 98.6 Å².